The normalized spacial score (nSPS) is 30.4. The van der Waals surface area contributed by atoms with Crippen LogP contribution in [0.15, 0.2) is 12.4 Å². The maximum Gasteiger partial charge on any atom is 0.0719 e. The number of hydrogen-bond acceptors (Lipinski definition) is 4. The summed E-state index contributed by atoms with van der Waals surface area (Å²) in [5.74, 6) is 0. The van der Waals surface area contributed by atoms with E-state index in [-0.39, 0.29) is 0 Å². The third-order valence-corrected chi connectivity index (χ3v) is 4.22. The third kappa shape index (κ3) is 2.52. The molecule has 0 amide bonds. The van der Waals surface area contributed by atoms with Gasteiger partial charge in [0.2, 0.25) is 0 Å². The number of rotatable bonds is 2. The van der Waals surface area contributed by atoms with Crippen molar-refractivity contribution in [3.8, 4) is 0 Å². The van der Waals surface area contributed by atoms with Gasteiger partial charge in [0, 0.05) is 25.3 Å². The highest BCUT2D eigenvalue weighted by atomic mass is 16.5. The van der Waals surface area contributed by atoms with Gasteiger partial charge in [-0.3, -0.25) is 9.58 Å². The fourth-order valence-electron chi connectivity index (χ4n) is 3.18. The van der Waals surface area contributed by atoms with Crippen LogP contribution in [0.5, 0.6) is 0 Å². The standard InChI is InChI=1S/C13H22N4O/c14-11-9-15-17(10-11)13-3-1-12(2-4-13)16-5-7-18-8-6-16/h9-10,12-13H,1-8,14H2. The second-order valence-electron chi connectivity index (χ2n) is 5.36. The number of hydrogen-bond donors (Lipinski definition) is 1. The van der Waals surface area contributed by atoms with Crippen molar-refractivity contribution in [3.63, 3.8) is 0 Å². The summed E-state index contributed by atoms with van der Waals surface area (Å²) in [6, 6.07) is 1.29. The van der Waals surface area contributed by atoms with Crippen molar-refractivity contribution in [2.24, 2.45) is 0 Å². The molecule has 0 aromatic carbocycles. The van der Waals surface area contributed by atoms with Gasteiger partial charge in [-0.05, 0) is 25.7 Å². The number of nitrogens with zero attached hydrogens (tertiary/aromatic N) is 3. The zero-order valence-electron chi connectivity index (χ0n) is 10.8. The fraction of sp³-hybridized carbons (Fsp3) is 0.769. The molecule has 5 nitrogen and oxygen atoms in total. The Labute approximate surface area is 108 Å². The molecular formula is C13H22N4O. The molecule has 0 unspecified atom stereocenters. The predicted octanol–water partition coefficient (Wildman–Crippen LogP) is 1.28. The smallest absolute Gasteiger partial charge is 0.0719 e. The molecule has 100 valence electrons. The summed E-state index contributed by atoms with van der Waals surface area (Å²) >= 11 is 0. The van der Waals surface area contributed by atoms with Gasteiger partial charge >= 0.3 is 0 Å². The van der Waals surface area contributed by atoms with Crippen LogP contribution in [0, 0.1) is 0 Å². The van der Waals surface area contributed by atoms with Crippen LogP contribution in [0.1, 0.15) is 31.7 Å². The molecule has 2 heterocycles. The number of nitrogens with two attached hydrogens (primary N) is 1. The van der Waals surface area contributed by atoms with Crippen LogP contribution >= 0.6 is 0 Å². The second kappa shape index (κ2) is 5.28. The zero-order valence-corrected chi connectivity index (χ0v) is 10.8. The van der Waals surface area contributed by atoms with Gasteiger partial charge in [-0.2, -0.15) is 5.10 Å². The van der Waals surface area contributed by atoms with Crippen LogP contribution in [-0.2, 0) is 4.74 Å². The monoisotopic (exact) mass is 250 g/mol. The minimum absolute atomic E-state index is 0.541. The van der Waals surface area contributed by atoms with Crippen LogP contribution in [-0.4, -0.2) is 47.0 Å². The second-order valence-corrected chi connectivity index (χ2v) is 5.36. The Morgan fingerprint density at radius 1 is 1.11 bits per heavy atom. The number of morpholine rings is 1. The summed E-state index contributed by atoms with van der Waals surface area (Å²) in [6.45, 7) is 4.00. The Balaban J connectivity index is 1.54. The first-order chi connectivity index (χ1) is 8.83. The van der Waals surface area contributed by atoms with Crippen LogP contribution in [0.4, 0.5) is 5.69 Å². The molecule has 5 heteroatoms. The molecule has 18 heavy (non-hydrogen) atoms. The van der Waals surface area contributed by atoms with Crippen molar-refractivity contribution in [1.82, 2.24) is 14.7 Å². The van der Waals surface area contributed by atoms with E-state index in [0.717, 1.165) is 38.0 Å². The summed E-state index contributed by atoms with van der Waals surface area (Å²) in [4.78, 5) is 2.59. The molecule has 1 aromatic rings. The molecule has 0 radical (unpaired) electrons. The lowest BCUT2D eigenvalue weighted by Gasteiger charge is -2.38. The van der Waals surface area contributed by atoms with Gasteiger partial charge in [-0.1, -0.05) is 0 Å². The van der Waals surface area contributed by atoms with Gasteiger partial charge < -0.3 is 10.5 Å². The quantitative estimate of drug-likeness (QED) is 0.859. The molecule has 1 aliphatic carbocycles. The lowest BCUT2D eigenvalue weighted by molar-refractivity contribution is 0.00507. The van der Waals surface area contributed by atoms with E-state index in [1.807, 2.05) is 10.9 Å². The summed E-state index contributed by atoms with van der Waals surface area (Å²) < 4.78 is 7.46. The van der Waals surface area contributed by atoms with Crippen LogP contribution in [0.25, 0.3) is 0 Å². The highest BCUT2D eigenvalue weighted by Crippen LogP contribution is 2.31. The summed E-state index contributed by atoms with van der Waals surface area (Å²) in [7, 11) is 0. The molecule has 0 bridgehead atoms. The molecule has 3 rings (SSSR count). The fourth-order valence-corrected chi connectivity index (χ4v) is 3.18. The van der Waals surface area contributed by atoms with E-state index < -0.39 is 0 Å². The summed E-state index contributed by atoms with van der Waals surface area (Å²) in [6.07, 6.45) is 8.66. The molecule has 1 saturated heterocycles. The highest BCUT2D eigenvalue weighted by Gasteiger charge is 2.27. The topological polar surface area (TPSA) is 56.3 Å². The van der Waals surface area contributed by atoms with E-state index >= 15 is 0 Å². The largest absolute Gasteiger partial charge is 0.396 e. The van der Waals surface area contributed by atoms with E-state index in [2.05, 4.69) is 10.00 Å². The minimum Gasteiger partial charge on any atom is -0.396 e. The molecule has 2 fully saturated rings. The lowest BCUT2D eigenvalue weighted by atomic mass is 9.90. The molecule has 0 spiro atoms. The van der Waals surface area contributed by atoms with Crippen LogP contribution < -0.4 is 5.73 Å². The molecule has 0 atom stereocenters. The van der Waals surface area contributed by atoms with Crippen molar-refractivity contribution in [2.45, 2.75) is 37.8 Å². The molecule has 1 aliphatic heterocycles. The van der Waals surface area contributed by atoms with Crippen molar-refractivity contribution in [3.05, 3.63) is 12.4 Å². The van der Waals surface area contributed by atoms with Crippen molar-refractivity contribution in [1.29, 1.82) is 0 Å². The first kappa shape index (κ1) is 12.0. The van der Waals surface area contributed by atoms with Crippen LogP contribution in [0.3, 0.4) is 0 Å². The Bertz CT molecular complexity index is 378. The first-order valence-electron chi connectivity index (χ1n) is 6.94. The number of nitrogen functional groups attached to an aromatic ring is 1. The van der Waals surface area contributed by atoms with Gasteiger partial charge in [0.05, 0.1) is 31.1 Å². The summed E-state index contributed by atoms with van der Waals surface area (Å²) in [5.41, 5.74) is 6.49. The lowest BCUT2D eigenvalue weighted by Crippen LogP contribution is -2.45. The number of aromatic nitrogens is 2. The Morgan fingerprint density at radius 2 is 1.78 bits per heavy atom. The van der Waals surface area contributed by atoms with E-state index in [1.54, 1.807) is 6.20 Å². The minimum atomic E-state index is 0.541. The van der Waals surface area contributed by atoms with Crippen LogP contribution in [0.2, 0.25) is 0 Å². The van der Waals surface area contributed by atoms with E-state index in [9.17, 15) is 0 Å². The van der Waals surface area contributed by atoms with Gasteiger partial charge in [-0.15, -0.1) is 0 Å². The molecule has 1 aromatic heterocycles. The Kier molecular flexibility index (Phi) is 3.52. The van der Waals surface area contributed by atoms with E-state index in [4.69, 9.17) is 10.5 Å². The average molecular weight is 250 g/mol. The van der Waals surface area contributed by atoms with Crippen molar-refractivity contribution < 1.29 is 4.74 Å². The average Bonchev–Trinajstić information content (AvgIpc) is 2.87. The Morgan fingerprint density at radius 3 is 2.39 bits per heavy atom. The highest BCUT2D eigenvalue weighted by molar-refractivity contribution is 5.30. The zero-order chi connectivity index (χ0) is 12.4. The maximum absolute atomic E-state index is 5.72. The van der Waals surface area contributed by atoms with Gasteiger partial charge in [0.15, 0.2) is 0 Å². The molecular weight excluding hydrogens is 228 g/mol. The summed E-state index contributed by atoms with van der Waals surface area (Å²) in [5, 5.41) is 4.34. The van der Waals surface area contributed by atoms with Crippen molar-refractivity contribution >= 4 is 5.69 Å². The number of ether oxygens (including phenoxy) is 1. The predicted molar refractivity (Wildman–Crippen MR) is 70.3 cm³/mol. The van der Waals surface area contributed by atoms with Crippen molar-refractivity contribution in [2.75, 3.05) is 32.0 Å². The maximum atomic E-state index is 5.72. The molecule has 2 N–H and O–H groups in total. The van der Waals surface area contributed by atoms with Gasteiger partial charge in [0.1, 0.15) is 0 Å². The SMILES string of the molecule is Nc1cnn(C2CCC(N3CCOCC3)CC2)c1. The third-order valence-electron chi connectivity index (χ3n) is 4.22. The Hall–Kier alpha value is -1.07. The molecule has 1 saturated carbocycles. The van der Waals surface area contributed by atoms with Gasteiger partial charge in [0.25, 0.3) is 0 Å². The van der Waals surface area contributed by atoms with Gasteiger partial charge in [-0.25, -0.2) is 0 Å². The first-order valence-corrected chi connectivity index (χ1v) is 6.94. The molecule has 2 aliphatic rings. The van der Waals surface area contributed by atoms with E-state index in [1.165, 1.54) is 25.7 Å². The van der Waals surface area contributed by atoms with E-state index in [0.29, 0.717) is 6.04 Å². The number of anilines is 1.